The maximum atomic E-state index is 15.4. The van der Waals surface area contributed by atoms with E-state index in [4.69, 9.17) is 23.2 Å². The van der Waals surface area contributed by atoms with Crippen LogP contribution in [0.2, 0.25) is 10.2 Å². The number of nitrogens with zero attached hydrogens (tertiary/aromatic N) is 2. The predicted octanol–water partition coefficient (Wildman–Crippen LogP) is 3.69. The van der Waals surface area contributed by atoms with Gasteiger partial charge in [-0.15, -0.1) is 0 Å². The number of para-hydroxylation sites is 1. The quantitative estimate of drug-likeness (QED) is 0.326. The van der Waals surface area contributed by atoms with Gasteiger partial charge < -0.3 is 19.4 Å². The number of halogens is 4. The van der Waals surface area contributed by atoms with Crippen LogP contribution in [0.3, 0.4) is 0 Å². The Kier molecular flexibility index (Phi) is 7.81. The molecular formula is C28H21Cl2F2N2NaO2S. The molecule has 1 aliphatic carbocycles. The molecule has 6 rings (SSSR count). The van der Waals surface area contributed by atoms with Gasteiger partial charge in [-0.2, -0.15) is 0 Å². The van der Waals surface area contributed by atoms with Crippen molar-refractivity contribution in [2.45, 2.75) is 41.0 Å². The van der Waals surface area contributed by atoms with Gasteiger partial charge in [0.2, 0.25) is 0 Å². The topological polar surface area (TPSA) is 48.3 Å². The van der Waals surface area contributed by atoms with E-state index < -0.39 is 23.2 Å². The van der Waals surface area contributed by atoms with Gasteiger partial charge in [0.25, 0.3) is 0 Å². The number of fused-ring (bicyclic) bond motifs is 3. The summed E-state index contributed by atoms with van der Waals surface area (Å²) in [4.78, 5) is 14.1. The SMILES string of the molecule is O=C([O-])c1cccc(Sc2c(Cl)n(CCN3CC4(CCC4)c4ccccc43)c3c(F)c(Cl)ccc23)c1F.[Na+]. The molecule has 0 unspecified atom stereocenters. The van der Waals surface area contributed by atoms with Crippen molar-refractivity contribution in [3.8, 4) is 0 Å². The van der Waals surface area contributed by atoms with Gasteiger partial charge in [-0.1, -0.05) is 71.7 Å². The maximum absolute atomic E-state index is 15.4. The molecule has 4 nitrogen and oxygen atoms in total. The number of carbonyl (C=O) groups excluding carboxylic acids is 1. The van der Waals surface area contributed by atoms with Gasteiger partial charge >= 0.3 is 29.6 Å². The number of aromatic carboxylic acids is 1. The molecule has 3 aromatic carbocycles. The third-order valence-electron chi connectivity index (χ3n) is 7.62. The minimum absolute atomic E-state index is 0. The largest absolute Gasteiger partial charge is 1.00 e. The standard InChI is InChI=1S/C28H22Cl2F2N2O2S.Na/c29-19-10-9-17-24(23(19)32)34(26(30)25(17)37-21-8-3-5-16(22(21)31)27(35)36)14-13-33-15-28(11-4-12-28)18-6-1-2-7-20(18)33;/h1-3,5-10H,4,11-15H2,(H,35,36);/q;+1/p-1. The number of carboxylic acids is 1. The summed E-state index contributed by atoms with van der Waals surface area (Å²) in [7, 11) is 0. The van der Waals surface area contributed by atoms with Crippen LogP contribution in [0.15, 0.2) is 64.4 Å². The van der Waals surface area contributed by atoms with Crippen molar-refractivity contribution in [2.24, 2.45) is 0 Å². The summed E-state index contributed by atoms with van der Waals surface area (Å²) in [6, 6.07) is 15.6. The first-order chi connectivity index (χ1) is 17.8. The number of hydrogen-bond donors (Lipinski definition) is 0. The van der Waals surface area contributed by atoms with E-state index >= 15 is 4.39 Å². The molecule has 0 radical (unpaired) electrons. The Bertz CT molecular complexity index is 1570. The van der Waals surface area contributed by atoms with Crippen LogP contribution in [0.1, 0.15) is 35.2 Å². The summed E-state index contributed by atoms with van der Waals surface area (Å²) in [5.74, 6) is -3.13. The summed E-state index contributed by atoms with van der Waals surface area (Å²) < 4.78 is 32.0. The van der Waals surface area contributed by atoms with Crippen LogP contribution in [0.25, 0.3) is 10.9 Å². The fourth-order valence-corrected chi connectivity index (χ4v) is 7.24. The Hall–Kier alpha value is -1.74. The fourth-order valence-electron chi connectivity index (χ4n) is 5.67. The smallest absolute Gasteiger partial charge is 0.545 e. The van der Waals surface area contributed by atoms with Crippen LogP contribution in [-0.4, -0.2) is 23.6 Å². The minimum atomic E-state index is -1.61. The molecule has 1 aliphatic heterocycles. The zero-order valence-electron chi connectivity index (χ0n) is 20.6. The van der Waals surface area contributed by atoms with E-state index in [0.29, 0.717) is 23.4 Å². The number of aromatic nitrogens is 1. The number of anilines is 1. The van der Waals surface area contributed by atoms with Crippen molar-refractivity contribution >= 4 is 57.5 Å². The minimum Gasteiger partial charge on any atom is -0.545 e. The average Bonchev–Trinajstić information content (AvgIpc) is 3.34. The van der Waals surface area contributed by atoms with Gasteiger partial charge in [0, 0.05) is 46.6 Å². The predicted molar refractivity (Wildman–Crippen MR) is 141 cm³/mol. The molecule has 1 fully saturated rings. The van der Waals surface area contributed by atoms with E-state index in [1.165, 1.54) is 35.9 Å². The normalized spacial score (nSPS) is 15.4. The number of benzene rings is 3. The first kappa shape index (κ1) is 27.8. The molecule has 10 heteroatoms. The van der Waals surface area contributed by atoms with E-state index in [2.05, 4.69) is 23.1 Å². The van der Waals surface area contributed by atoms with Gasteiger partial charge in [-0.05, 0) is 42.7 Å². The van der Waals surface area contributed by atoms with Crippen LogP contribution >= 0.6 is 35.0 Å². The second-order valence-corrected chi connectivity index (χ2v) is 11.4. The van der Waals surface area contributed by atoms with Crippen molar-refractivity contribution in [2.75, 3.05) is 18.0 Å². The van der Waals surface area contributed by atoms with Gasteiger partial charge in [-0.3, -0.25) is 0 Å². The van der Waals surface area contributed by atoms with E-state index in [9.17, 15) is 14.3 Å². The van der Waals surface area contributed by atoms with Crippen LogP contribution < -0.4 is 39.6 Å². The van der Waals surface area contributed by atoms with Crippen molar-refractivity contribution in [1.29, 1.82) is 0 Å². The first-order valence-corrected chi connectivity index (χ1v) is 13.6. The van der Waals surface area contributed by atoms with Gasteiger partial charge in [-0.25, -0.2) is 8.78 Å². The van der Waals surface area contributed by atoms with E-state index in [-0.39, 0.29) is 55.6 Å². The Morgan fingerprint density at radius 2 is 1.76 bits per heavy atom. The monoisotopic (exact) mass is 580 g/mol. The van der Waals surface area contributed by atoms with Crippen LogP contribution in [-0.2, 0) is 12.0 Å². The maximum Gasteiger partial charge on any atom is 1.00 e. The van der Waals surface area contributed by atoms with Crippen LogP contribution in [0.4, 0.5) is 14.5 Å². The molecule has 0 N–H and O–H groups in total. The Balaban J connectivity index is 0.00000294. The van der Waals surface area contributed by atoms with Gasteiger partial charge in [0.05, 0.1) is 21.4 Å². The number of hydrogen-bond acceptors (Lipinski definition) is 4. The molecule has 1 saturated carbocycles. The molecule has 38 heavy (non-hydrogen) atoms. The molecule has 4 aromatic rings. The van der Waals surface area contributed by atoms with Crippen molar-refractivity contribution < 1.29 is 48.2 Å². The molecule has 0 amide bonds. The zero-order chi connectivity index (χ0) is 25.9. The third kappa shape index (κ3) is 4.45. The summed E-state index contributed by atoms with van der Waals surface area (Å²) in [6.45, 7) is 1.90. The summed E-state index contributed by atoms with van der Waals surface area (Å²) in [6.07, 6.45) is 3.54. The van der Waals surface area contributed by atoms with E-state index in [0.717, 1.165) is 37.2 Å². The molecule has 0 atom stereocenters. The fraction of sp³-hybridized carbons (Fsp3) is 0.250. The number of carboxylic acid groups (broad SMARTS) is 1. The van der Waals surface area contributed by atoms with Crippen molar-refractivity contribution in [3.63, 3.8) is 0 Å². The zero-order valence-corrected chi connectivity index (χ0v) is 24.9. The second kappa shape index (κ2) is 10.7. The van der Waals surface area contributed by atoms with E-state index in [1.807, 2.05) is 6.07 Å². The third-order valence-corrected chi connectivity index (χ3v) is 9.57. The molecule has 1 spiro atoms. The number of carbonyl (C=O) groups is 1. The summed E-state index contributed by atoms with van der Waals surface area (Å²) in [5, 5.41) is 12.0. The second-order valence-electron chi connectivity index (χ2n) is 9.61. The molecule has 2 heterocycles. The average molecular weight is 581 g/mol. The van der Waals surface area contributed by atoms with Crippen LogP contribution in [0.5, 0.6) is 0 Å². The molecule has 1 aromatic heterocycles. The molecule has 190 valence electrons. The first-order valence-electron chi connectivity index (χ1n) is 12.0. The summed E-state index contributed by atoms with van der Waals surface area (Å²) in [5.41, 5.74) is 2.46. The summed E-state index contributed by atoms with van der Waals surface area (Å²) >= 11 is 13.9. The number of rotatable bonds is 6. The van der Waals surface area contributed by atoms with Gasteiger partial charge in [0.1, 0.15) is 11.0 Å². The molecule has 0 saturated heterocycles. The molecular weight excluding hydrogens is 560 g/mol. The molecule has 2 aliphatic rings. The van der Waals surface area contributed by atoms with Crippen molar-refractivity contribution in [1.82, 2.24) is 4.57 Å². The Morgan fingerprint density at radius 3 is 2.47 bits per heavy atom. The van der Waals surface area contributed by atoms with Crippen LogP contribution in [0, 0.1) is 11.6 Å². The van der Waals surface area contributed by atoms with Gasteiger partial charge in [0.15, 0.2) is 5.82 Å². The Labute approximate surface area is 255 Å². The van der Waals surface area contributed by atoms with Crippen molar-refractivity contribution in [3.05, 3.63) is 87.5 Å². The Morgan fingerprint density at radius 1 is 1.00 bits per heavy atom. The van der Waals surface area contributed by atoms with E-state index in [1.54, 1.807) is 10.6 Å². The molecule has 0 bridgehead atoms.